The Hall–Kier alpha value is -0.420. The summed E-state index contributed by atoms with van der Waals surface area (Å²) in [6, 6.07) is 0.424. The molecule has 118 valence electrons. The molecule has 1 aliphatic rings. The van der Waals surface area contributed by atoms with E-state index in [0.717, 1.165) is 45.1 Å². The zero-order valence-electron chi connectivity index (χ0n) is 13.7. The van der Waals surface area contributed by atoms with Crippen molar-refractivity contribution in [2.75, 3.05) is 32.6 Å². The van der Waals surface area contributed by atoms with Crippen molar-refractivity contribution in [3.8, 4) is 0 Å². The summed E-state index contributed by atoms with van der Waals surface area (Å²) in [7, 11) is 0. The number of thioether (sulfide) groups is 1. The Bertz CT molecular complexity index is 301. The molecule has 4 nitrogen and oxygen atoms in total. The molecule has 2 N–H and O–H groups in total. The zero-order chi connectivity index (χ0) is 15.0. The lowest BCUT2D eigenvalue weighted by Gasteiger charge is -2.34. The predicted molar refractivity (Wildman–Crippen MR) is 89.7 cm³/mol. The first-order chi connectivity index (χ1) is 9.53. The summed E-state index contributed by atoms with van der Waals surface area (Å²) < 4.78 is 5.74. The van der Waals surface area contributed by atoms with Crippen LogP contribution in [0, 0.1) is 5.92 Å². The zero-order valence-corrected chi connectivity index (χ0v) is 14.5. The molecular formula is C15H31N3OS. The van der Waals surface area contributed by atoms with Gasteiger partial charge in [-0.3, -0.25) is 4.99 Å². The summed E-state index contributed by atoms with van der Waals surface area (Å²) in [4.78, 5) is 4.82. The number of hydrogen-bond donors (Lipinski definition) is 2. The molecule has 20 heavy (non-hydrogen) atoms. The van der Waals surface area contributed by atoms with E-state index in [2.05, 4.69) is 44.6 Å². The second-order valence-electron chi connectivity index (χ2n) is 5.87. The highest BCUT2D eigenvalue weighted by Gasteiger charge is 2.31. The van der Waals surface area contributed by atoms with E-state index in [1.165, 1.54) is 0 Å². The standard InChI is InChI=1S/C15H31N3OS/c1-6-16-14(18-13(4)12(2)3)17-11-15(20-5)7-9-19-10-8-15/h12-13H,6-11H2,1-5H3,(H2,16,17,18). The molecule has 0 bridgehead atoms. The first-order valence-electron chi connectivity index (χ1n) is 7.70. The maximum atomic E-state index is 5.48. The Morgan fingerprint density at radius 1 is 1.30 bits per heavy atom. The fourth-order valence-corrected chi connectivity index (χ4v) is 2.86. The molecule has 1 fully saturated rings. The van der Waals surface area contributed by atoms with Crippen LogP contribution < -0.4 is 10.6 Å². The molecule has 0 radical (unpaired) electrons. The highest BCUT2D eigenvalue weighted by molar-refractivity contribution is 8.00. The van der Waals surface area contributed by atoms with Gasteiger partial charge in [-0.2, -0.15) is 11.8 Å². The van der Waals surface area contributed by atoms with Crippen molar-refractivity contribution in [3.05, 3.63) is 0 Å². The van der Waals surface area contributed by atoms with Crippen molar-refractivity contribution >= 4 is 17.7 Å². The van der Waals surface area contributed by atoms with Crippen molar-refractivity contribution < 1.29 is 4.74 Å². The molecule has 0 amide bonds. The number of ether oxygens (including phenoxy) is 1. The summed E-state index contributed by atoms with van der Waals surface area (Å²) in [6.07, 6.45) is 4.38. The van der Waals surface area contributed by atoms with Crippen molar-refractivity contribution in [1.29, 1.82) is 0 Å². The molecule has 0 spiro atoms. The Kier molecular flexibility index (Phi) is 7.74. The topological polar surface area (TPSA) is 45.7 Å². The third-order valence-corrected chi connectivity index (χ3v) is 5.47. The highest BCUT2D eigenvalue weighted by Crippen LogP contribution is 2.33. The smallest absolute Gasteiger partial charge is 0.191 e. The fraction of sp³-hybridized carbons (Fsp3) is 0.933. The highest BCUT2D eigenvalue weighted by atomic mass is 32.2. The Balaban J connectivity index is 2.64. The summed E-state index contributed by atoms with van der Waals surface area (Å²) in [5.41, 5.74) is 0. The molecule has 0 aromatic rings. The van der Waals surface area contributed by atoms with Gasteiger partial charge in [0.2, 0.25) is 0 Å². The average molecular weight is 302 g/mol. The summed E-state index contributed by atoms with van der Waals surface area (Å²) in [5.74, 6) is 1.53. The van der Waals surface area contributed by atoms with Crippen LogP contribution in [0.1, 0.15) is 40.5 Å². The van der Waals surface area contributed by atoms with E-state index < -0.39 is 0 Å². The maximum absolute atomic E-state index is 5.48. The minimum Gasteiger partial charge on any atom is -0.381 e. The van der Waals surface area contributed by atoms with Crippen LogP contribution in [-0.4, -0.2) is 49.3 Å². The number of nitrogens with zero attached hydrogens (tertiary/aromatic N) is 1. The quantitative estimate of drug-likeness (QED) is 0.584. The Morgan fingerprint density at radius 3 is 2.45 bits per heavy atom. The molecule has 1 heterocycles. The summed E-state index contributed by atoms with van der Waals surface area (Å²) in [5, 5.41) is 6.84. The third kappa shape index (κ3) is 5.52. The van der Waals surface area contributed by atoms with Gasteiger partial charge >= 0.3 is 0 Å². The number of nitrogens with one attached hydrogen (secondary N) is 2. The monoisotopic (exact) mass is 301 g/mol. The molecule has 1 atom stereocenters. The minimum atomic E-state index is 0.252. The predicted octanol–water partition coefficient (Wildman–Crippen LogP) is 2.50. The van der Waals surface area contributed by atoms with Gasteiger partial charge in [-0.1, -0.05) is 13.8 Å². The lowest BCUT2D eigenvalue weighted by atomic mass is 9.99. The number of aliphatic imine (C=N–C) groups is 1. The second kappa shape index (κ2) is 8.78. The van der Waals surface area contributed by atoms with Gasteiger partial charge in [0.25, 0.3) is 0 Å². The van der Waals surface area contributed by atoms with E-state index in [1.807, 2.05) is 11.8 Å². The first kappa shape index (κ1) is 17.6. The second-order valence-corrected chi connectivity index (χ2v) is 7.15. The van der Waals surface area contributed by atoms with Crippen LogP contribution in [0.2, 0.25) is 0 Å². The van der Waals surface area contributed by atoms with Crippen LogP contribution in [-0.2, 0) is 4.74 Å². The molecular weight excluding hydrogens is 270 g/mol. The SMILES string of the molecule is CCNC(=NCC1(SC)CCOCC1)NC(C)C(C)C. The Morgan fingerprint density at radius 2 is 1.95 bits per heavy atom. The molecule has 1 rings (SSSR count). The normalized spacial score (nSPS) is 20.8. The van der Waals surface area contributed by atoms with Gasteiger partial charge in [-0.05, 0) is 38.9 Å². The van der Waals surface area contributed by atoms with Gasteiger partial charge in [0, 0.05) is 30.5 Å². The fourth-order valence-electron chi connectivity index (χ4n) is 2.10. The van der Waals surface area contributed by atoms with Crippen molar-refractivity contribution in [2.24, 2.45) is 10.9 Å². The first-order valence-corrected chi connectivity index (χ1v) is 8.93. The van der Waals surface area contributed by atoms with E-state index in [9.17, 15) is 0 Å². The average Bonchev–Trinajstić information content (AvgIpc) is 2.46. The third-order valence-electron chi connectivity index (χ3n) is 4.07. The van der Waals surface area contributed by atoms with Gasteiger partial charge in [0.15, 0.2) is 5.96 Å². The molecule has 0 saturated carbocycles. The van der Waals surface area contributed by atoms with E-state index in [-0.39, 0.29) is 4.75 Å². The van der Waals surface area contributed by atoms with E-state index >= 15 is 0 Å². The van der Waals surface area contributed by atoms with Crippen molar-refractivity contribution in [2.45, 2.75) is 51.3 Å². The molecule has 1 aliphatic heterocycles. The largest absolute Gasteiger partial charge is 0.381 e. The van der Waals surface area contributed by atoms with Crippen LogP contribution in [0.5, 0.6) is 0 Å². The van der Waals surface area contributed by atoms with Crippen LogP contribution >= 0.6 is 11.8 Å². The summed E-state index contributed by atoms with van der Waals surface area (Å²) in [6.45, 7) is 12.2. The lowest BCUT2D eigenvalue weighted by Crippen LogP contribution is -2.45. The van der Waals surface area contributed by atoms with Crippen molar-refractivity contribution in [1.82, 2.24) is 10.6 Å². The van der Waals surface area contributed by atoms with E-state index in [0.29, 0.717) is 12.0 Å². The van der Waals surface area contributed by atoms with Gasteiger partial charge in [0.1, 0.15) is 0 Å². The van der Waals surface area contributed by atoms with Crippen LogP contribution in [0.3, 0.4) is 0 Å². The number of guanidine groups is 1. The molecule has 0 aromatic carbocycles. The lowest BCUT2D eigenvalue weighted by molar-refractivity contribution is 0.0794. The summed E-state index contributed by atoms with van der Waals surface area (Å²) >= 11 is 1.94. The maximum Gasteiger partial charge on any atom is 0.191 e. The molecule has 0 aromatic heterocycles. The molecule has 5 heteroatoms. The van der Waals surface area contributed by atoms with Gasteiger partial charge in [-0.25, -0.2) is 0 Å². The van der Waals surface area contributed by atoms with Crippen molar-refractivity contribution in [3.63, 3.8) is 0 Å². The van der Waals surface area contributed by atoms with Gasteiger partial charge in [-0.15, -0.1) is 0 Å². The minimum absolute atomic E-state index is 0.252. The Labute approximate surface area is 128 Å². The molecule has 1 unspecified atom stereocenters. The molecule has 0 aliphatic carbocycles. The van der Waals surface area contributed by atoms with Crippen LogP contribution in [0.25, 0.3) is 0 Å². The van der Waals surface area contributed by atoms with E-state index in [1.54, 1.807) is 0 Å². The number of hydrogen-bond acceptors (Lipinski definition) is 3. The van der Waals surface area contributed by atoms with Gasteiger partial charge in [0.05, 0.1) is 6.54 Å². The van der Waals surface area contributed by atoms with E-state index in [4.69, 9.17) is 9.73 Å². The number of rotatable bonds is 6. The van der Waals surface area contributed by atoms with Crippen LogP contribution in [0.4, 0.5) is 0 Å². The molecule has 1 saturated heterocycles. The van der Waals surface area contributed by atoms with Gasteiger partial charge < -0.3 is 15.4 Å². The van der Waals surface area contributed by atoms with Crippen LogP contribution in [0.15, 0.2) is 4.99 Å².